The lowest BCUT2D eigenvalue weighted by Gasteiger charge is -2.27. The smallest absolute Gasteiger partial charge is 0.0521 e. The van der Waals surface area contributed by atoms with Crippen LogP contribution in [-0.4, -0.2) is 22.4 Å². The van der Waals surface area contributed by atoms with Crippen LogP contribution < -0.4 is 5.32 Å². The van der Waals surface area contributed by atoms with Crippen LogP contribution in [0.2, 0.25) is 0 Å². The molecule has 1 heterocycles. The van der Waals surface area contributed by atoms with Gasteiger partial charge in [-0.25, -0.2) is 0 Å². The van der Waals surface area contributed by atoms with Crippen LogP contribution >= 0.6 is 0 Å². The van der Waals surface area contributed by atoms with E-state index in [2.05, 4.69) is 23.5 Å². The average molecular weight is 263 g/mol. The van der Waals surface area contributed by atoms with Crippen LogP contribution in [0.25, 0.3) is 0 Å². The summed E-state index contributed by atoms with van der Waals surface area (Å²) in [6.45, 7) is 3.32. The minimum atomic E-state index is 0.698. The molecule has 3 heteroatoms. The lowest BCUT2D eigenvalue weighted by Crippen LogP contribution is -2.36. The van der Waals surface area contributed by atoms with Crippen LogP contribution in [0.1, 0.15) is 57.4 Å². The third kappa shape index (κ3) is 4.64. The van der Waals surface area contributed by atoms with E-state index >= 15 is 0 Å². The van der Waals surface area contributed by atoms with Gasteiger partial charge in [-0.15, -0.1) is 0 Å². The van der Waals surface area contributed by atoms with Gasteiger partial charge in [-0.1, -0.05) is 32.6 Å². The normalized spacial score (nSPS) is 19.3. The summed E-state index contributed by atoms with van der Waals surface area (Å²) < 4.78 is 1.91. The fourth-order valence-electron chi connectivity index (χ4n) is 3.40. The van der Waals surface area contributed by atoms with Crippen molar-refractivity contribution in [3.05, 3.63) is 18.0 Å². The summed E-state index contributed by atoms with van der Waals surface area (Å²) in [6.07, 6.45) is 15.2. The van der Waals surface area contributed by atoms with E-state index in [1.54, 1.807) is 0 Å². The molecule has 0 spiro atoms. The fraction of sp³-hybridized carbons (Fsp3) is 0.812. The molecule has 1 unspecified atom stereocenters. The molecule has 0 amide bonds. The van der Waals surface area contributed by atoms with Gasteiger partial charge in [0.25, 0.3) is 0 Å². The van der Waals surface area contributed by atoms with E-state index < -0.39 is 0 Å². The molecule has 1 aliphatic rings. The van der Waals surface area contributed by atoms with Crippen molar-refractivity contribution in [2.24, 2.45) is 13.0 Å². The topological polar surface area (TPSA) is 29.9 Å². The van der Waals surface area contributed by atoms with Crippen LogP contribution in [0.15, 0.2) is 12.4 Å². The SMILES string of the molecule is CCNC(CCc1cnn(C)c1)C1CCCCCC1. The summed E-state index contributed by atoms with van der Waals surface area (Å²) in [5.41, 5.74) is 1.37. The second-order valence-electron chi connectivity index (χ2n) is 5.98. The van der Waals surface area contributed by atoms with E-state index in [4.69, 9.17) is 0 Å². The first-order valence-corrected chi connectivity index (χ1v) is 8.00. The highest BCUT2D eigenvalue weighted by molar-refractivity contribution is 5.04. The summed E-state index contributed by atoms with van der Waals surface area (Å²) >= 11 is 0. The molecule has 19 heavy (non-hydrogen) atoms. The molecule has 0 saturated heterocycles. The van der Waals surface area contributed by atoms with Crippen LogP contribution in [0.4, 0.5) is 0 Å². The van der Waals surface area contributed by atoms with Crippen molar-refractivity contribution in [1.82, 2.24) is 15.1 Å². The highest BCUT2D eigenvalue weighted by Crippen LogP contribution is 2.27. The van der Waals surface area contributed by atoms with Crippen molar-refractivity contribution in [1.29, 1.82) is 0 Å². The van der Waals surface area contributed by atoms with Gasteiger partial charge < -0.3 is 5.32 Å². The van der Waals surface area contributed by atoms with Gasteiger partial charge in [0.05, 0.1) is 6.20 Å². The van der Waals surface area contributed by atoms with Crippen LogP contribution in [0, 0.1) is 5.92 Å². The Hall–Kier alpha value is -0.830. The molecule has 1 fully saturated rings. The predicted molar refractivity (Wildman–Crippen MR) is 80.2 cm³/mol. The lowest BCUT2D eigenvalue weighted by molar-refractivity contribution is 0.308. The van der Waals surface area contributed by atoms with E-state index in [9.17, 15) is 0 Å². The summed E-state index contributed by atoms with van der Waals surface area (Å²) in [6, 6.07) is 0.698. The summed E-state index contributed by atoms with van der Waals surface area (Å²) in [4.78, 5) is 0. The Bertz CT molecular complexity index is 351. The van der Waals surface area contributed by atoms with Crippen molar-refractivity contribution in [3.63, 3.8) is 0 Å². The number of aromatic nitrogens is 2. The largest absolute Gasteiger partial charge is 0.314 e. The lowest BCUT2D eigenvalue weighted by atomic mass is 9.88. The number of hydrogen-bond donors (Lipinski definition) is 1. The molecule has 2 rings (SSSR count). The van der Waals surface area contributed by atoms with E-state index in [0.29, 0.717) is 6.04 Å². The molecular formula is C16H29N3. The maximum Gasteiger partial charge on any atom is 0.0521 e. The van der Waals surface area contributed by atoms with Gasteiger partial charge in [0, 0.05) is 19.3 Å². The number of hydrogen-bond acceptors (Lipinski definition) is 2. The quantitative estimate of drug-likeness (QED) is 0.798. The maximum atomic E-state index is 4.26. The first-order chi connectivity index (χ1) is 9.29. The van der Waals surface area contributed by atoms with Crippen molar-refractivity contribution >= 4 is 0 Å². The second-order valence-corrected chi connectivity index (χ2v) is 5.98. The number of nitrogens with zero attached hydrogens (tertiary/aromatic N) is 2. The Morgan fingerprint density at radius 2 is 2.05 bits per heavy atom. The number of nitrogens with one attached hydrogen (secondary N) is 1. The number of rotatable bonds is 6. The van der Waals surface area contributed by atoms with E-state index in [0.717, 1.165) is 18.9 Å². The third-order valence-electron chi connectivity index (χ3n) is 4.44. The molecule has 1 atom stereocenters. The van der Waals surface area contributed by atoms with E-state index in [1.807, 2.05) is 17.9 Å². The molecule has 0 bridgehead atoms. The van der Waals surface area contributed by atoms with Crippen LogP contribution in [-0.2, 0) is 13.5 Å². The minimum Gasteiger partial charge on any atom is -0.314 e. The van der Waals surface area contributed by atoms with Gasteiger partial charge >= 0.3 is 0 Å². The summed E-state index contributed by atoms with van der Waals surface area (Å²) in [7, 11) is 2.00. The second kappa shape index (κ2) is 7.68. The monoisotopic (exact) mass is 263 g/mol. The Morgan fingerprint density at radius 3 is 2.63 bits per heavy atom. The highest BCUT2D eigenvalue weighted by Gasteiger charge is 2.21. The molecule has 1 aromatic rings. The molecule has 108 valence electrons. The van der Waals surface area contributed by atoms with E-state index in [-0.39, 0.29) is 0 Å². The molecule has 1 saturated carbocycles. The zero-order valence-electron chi connectivity index (χ0n) is 12.6. The molecule has 0 aliphatic heterocycles. The minimum absolute atomic E-state index is 0.698. The third-order valence-corrected chi connectivity index (χ3v) is 4.44. The predicted octanol–water partition coefficient (Wildman–Crippen LogP) is 3.30. The molecule has 0 aromatic carbocycles. The molecule has 1 aliphatic carbocycles. The molecule has 1 aromatic heterocycles. The van der Waals surface area contributed by atoms with Gasteiger partial charge in [0.15, 0.2) is 0 Å². The molecule has 0 radical (unpaired) electrons. The standard InChI is InChI=1S/C16H29N3/c1-3-17-16(15-8-6-4-5-7-9-15)11-10-14-12-18-19(2)13-14/h12-13,15-17H,3-11H2,1-2H3. The first kappa shape index (κ1) is 14.6. The average Bonchev–Trinajstić information content (AvgIpc) is 2.67. The van der Waals surface area contributed by atoms with Crippen molar-refractivity contribution in [2.75, 3.05) is 6.54 Å². The Kier molecular flexibility index (Phi) is 5.90. The molecule has 1 N–H and O–H groups in total. The highest BCUT2D eigenvalue weighted by atomic mass is 15.2. The van der Waals surface area contributed by atoms with Crippen molar-refractivity contribution < 1.29 is 0 Å². The van der Waals surface area contributed by atoms with Gasteiger partial charge in [-0.3, -0.25) is 4.68 Å². The van der Waals surface area contributed by atoms with Crippen molar-refractivity contribution in [2.45, 2.75) is 64.3 Å². The molecule has 3 nitrogen and oxygen atoms in total. The Morgan fingerprint density at radius 1 is 1.32 bits per heavy atom. The van der Waals surface area contributed by atoms with Crippen molar-refractivity contribution in [3.8, 4) is 0 Å². The summed E-state index contributed by atoms with van der Waals surface area (Å²) in [5, 5.41) is 7.99. The fourth-order valence-corrected chi connectivity index (χ4v) is 3.40. The van der Waals surface area contributed by atoms with Gasteiger partial charge in [-0.2, -0.15) is 5.10 Å². The van der Waals surface area contributed by atoms with Gasteiger partial charge in [0.1, 0.15) is 0 Å². The van der Waals surface area contributed by atoms with E-state index in [1.165, 1.54) is 50.5 Å². The van der Waals surface area contributed by atoms with Crippen LogP contribution in [0.3, 0.4) is 0 Å². The zero-order valence-corrected chi connectivity index (χ0v) is 12.6. The summed E-state index contributed by atoms with van der Waals surface area (Å²) in [5.74, 6) is 0.888. The first-order valence-electron chi connectivity index (χ1n) is 8.00. The maximum absolute atomic E-state index is 4.26. The number of aryl methyl sites for hydroxylation is 2. The molecular weight excluding hydrogens is 234 g/mol. The van der Waals surface area contributed by atoms with Crippen LogP contribution in [0.5, 0.6) is 0 Å². The Labute approximate surface area is 117 Å². The zero-order chi connectivity index (χ0) is 13.5. The Balaban J connectivity index is 1.87. The van der Waals surface area contributed by atoms with Gasteiger partial charge in [0.2, 0.25) is 0 Å². The van der Waals surface area contributed by atoms with Gasteiger partial charge in [-0.05, 0) is 43.7 Å².